The molecular formula is C14H10O4. The lowest BCUT2D eigenvalue weighted by molar-refractivity contribution is 0.475. The molecule has 0 bridgehead atoms. The minimum atomic E-state index is -0.418. The number of fused-ring (bicyclic) bond motifs is 1. The van der Waals surface area contributed by atoms with Crippen LogP contribution in [0.25, 0.3) is 22.5 Å². The summed E-state index contributed by atoms with van der Waals surface area (Å²) in [6.45, 7) is 1.84. The van der Waals surface area contributed by atoms with E-state index in [2.05, 4.69) is 0 Å². The molecule has 1 N–H and O–H groups in total. The first-order chi connectivity index (χ1) is 8.63. The quantitative estimate of drug-likeness (QED) is 0.712. The Morgan fingerprint density at radius 2 is 1.89 bits per heavy atom. The van der Waals surface area contributed by atoms with Crippen molar-refractivity contribution >= 4 is 11.0 Å². The van der Waals surface area contributed by atoms with Crippen LogP contribution in [0.1, 0.15) is 5.56 Å². The van der Waals surface area contributed by atoms with Gasteiger partial charge >= 0.3 is 5.63 Å². The maximum Gasteiger partial charge on any atom is 0.336 e. The van der Waals surface area contributed by atoms with E-state index in [1.165, 1.54) is 6.07 Å². The van der Waals surface area contributed by atoms with Gasteiger partial charge in [-0.1, -0.05) is 0 Å². The highest BCUT2D eigenvalue weighted by Crippen LogP contribution is 2.30. The Kier molecular flexibility index (Phi) is 2.23. The topological polar surface area (TPSA) is 63.6 Å². The molecule has 0 aliphatic carbocycles. The van der Waals surface area contributed by atoms with Crippen molar-refractivity contribution in [3.05, 3.63) is 52.4 Å². The summed E-state index contributed by atoms with van der Waals surface area (Å²) in [5, 5.41) is 10.2. The molecule has 0 radical (unpaired) electrons. The van der Waals surface area contributed by atoms with E-state index >= 15 is 0 Å². The van der Waals surface area contributed by atoms with Gasteiger partial charge in [0.1, 0.15) is 11.3 Å². The smallest absolute Gasteiger partial charge is 0.336 e. The highest BCUT2D eigenvalue weighted by molar-refractivity contribution is 5.83. The Balaban J connectivity index is 2.25. The third-order valence-electron chi connectivity index (χ3n) is 2.75. The van der Waals surface area contributed by atoms with Gasteiger partial charge in [-0.15, -0.1) is 0 Å². The van der Waals surface area contributed by atoms with Gasteiger partial charge in [-0.05, 0) is 42.8 Å². The van der Waals surface area contributed by atoms with Crippen LogP contribution in [0.15, 0.2) is 50.0 Å². The Hall–Kier alpha value is -2.49. The summed E-state index contributed by atoms with van der Waals surface area (Å²) in [6, 6.07) is 9.60. The predicted molar refractivity (Wildman–Crippen MR) is 66.6 cm³/mol. The van der Waals surface area contributed by atoms with E-state index in [1.54, 1.807) is 30.3 Å². The van der Waals surface area contributed by atoms with Crippen molar-refractivity contribution in [3.8, 4) is 17.3 Å². The number of phenols is 1. The van der Waals surface area contributed by atoms with Gasteiger partial charge in [-0.2, -0.15) is 0 Å². The van der Waals surface area contributed by atoms with Gasteiger partial charge in [0.25, 0.3) is 0 Å². The minimum absolute atomic E-state index is 0.168. The molecule has 0 amide bonds. The van der Waals surface area contributed by atoms with Crippen molar-refractivity contribution in [2.75, 3.05) is 0 Å². The molecule has 90 valence electrons. The molecule has 0 saturated carbocycles. The van der Waals surface area contributed by atoms with E-state index in [-0.39, 0.29) is 5.75 Å². The minimum Gasteiger partial charge on any atom is -0.508 e. The molecule has 2 heterocycles. The molecular weight excluding hydrogens is 232 g/mol. The van der Waals surface area contributed by atoms with Crippen LogP contribution in [-0.2, 0) is 0 Å². The first-order valence-corrected chi connectivity index (χ1v) is 5.47. The lowest BCUT2D eigenvalue weighted by Gasteiger charge is -1.98. The molecule has 0 fully saturated rings. The normalized spacial score (nSPS) is 10.9. The van der Waals surface area contributed by atoms with Gasteiger partial charge in [-0.25, -0.2) is 4.79 Å². The second-order valence-electron chi connectivity index (χ2n) is 4.10. The van der Waals surface area contributed by atoms with Crippen LogP contribution in [0.4, 0.5) is 0 Å². The van der Waals surface area contributed by atoms with Crippen LogP contribution in [0.5, 0.6) is 5.75 Å². The van der Waals surface area contributed by atoms with Crippen LogP contribution in [0.3, 0.4) is 0 Å². The van der Waals surface area contributed by atoms with E-state index in [9.17, 15) is 9.90 Å². The van der Waals surface area contributed by atoms with Gasteiger partial charge < -0.3 is 13.9 Å². The molecule has 0 spiro atoms. The van der Waals surface area contributed by atoms with E-state index < -0.39 is 5.63 Å². The summed E-state index contributed by atoms with van der Waals surface area (Å²) in [4.78, 5) is 11.2. The summed E-state index contributed by atoms with van der Waals surface area (Å²) in [7, 11) is 0. The number of rotatable bonds is 1. The average Bonchev–Trinajstić information content (AvgIpc) is 2.74. The van der Waals surface area contributed by atoms with Crippen molar-refractivity contribution in [2.45, 2.75) is 6.92 Å². The number of hydrogen-bond donors (Lipinski definition) is 1. The van der Waals surface area contributed by atoms with Gasteiger partial charge in [0.05, 0.1) is 0 Å². The van der Waals surface area contributed by atoms with Crippen LogP contribution >= 0.6 is 0 Å². The molecule has 0 aliphatic rings. The molecule has 0 aliphatic heterocycles. The SMILES string of the molecule is Cc1ccc(=O)oc1-c1cc2cc(O)ccc2o1. The van der Waals surface area contributed by atoms with Crippen LogP contribution in [0.2, 0.25) is 0 Å². The number of furan rings is 1. The summed E-state index contributed by atoms with van der Waals surface area (Å²) in [5.41, 5.74) is 1.03. The maximum atomic E-state index is 11.2. The van der Waals surface area contributed by atoms with E-state index in [4.69, 9.17) is 8.83 Å². The predicted octanol–water partition coefficient (Wildman–Crippen LogP) is 3.07. The Labute approximate surface area is 102 Å². The fourth-order valence-electron chi connectivity index (χ4n) is 1.87. The number of benzene rings is 1. The third-order valence-corrected chi connectivity index (χ3v) is 2.75. The second-order valence-corrected chi connectivity index (χ2v) is 4.10. The number of phenolic OH excluding ortho intramolecular Hbond substituents is 1. The van der Waals surface area contributed by atoms with E-state index in [1.807, 2.05) is 6.92 Å². The summed E-state index contributed by atoms with van der Waals surface area (Å²) < 4.78 is 10.7. The number of hydrogen-bond acceptors (Lipinski definition) is 4. The molecule has 3 aromatic rings. The standard InChI is InChI=1S/C14H10O4/c1-8-2-5-13(16)18-14(8)12-7-9-6-10(15)3-4-11(9)17-12/h2-7,15H,1H3. The Bertz CT molecular complexity index is 780. The zero-order valence-corrected chi connectivity index (χ0v) is 9.64. The highest BCUT2D eigenvalue weighted by Gasteiger charge is 2.12. The summed E-state index contributed by atoms with van der Waals surface area (Å²) in [5.74, 6) is 1.06. The fraction of sp³-hybridized carbons (Fsp3) is 0.0714. The van der Waals surface area contributed by atoms with Gasteiger partial charge in [-0.3, -0.25) is 0 Å². The summed E-state index contributed by atoms with van der Waals surface area (Å²) in [6.07, 6.45) is 0. The van der Waals surface area contributed by atoms with Gasteiger partial charge in [0, 0.05) is 11.5 Å². The zero-order chi connectivity index (χ0) is 12.7. The Morgan fingerprint density at radius 1 is 1.06 bits per heavy atom. The van der Waals surface area contributed by atoms with E-state index in [0.29, 0.717) is 17.1 Å². The molecule has 4 heteroatoms. The molecule has 0 unspecified atom stereocenters. The third kappa shape index (κ3) is 1.68. The Morgan fingerprint density at radius 3 is 2.72 bits per heavy atom. The van der Waals surface area contributed by atoms with E-state index in [0.717, 1.165) is 10.9 Å². The largest absolute Gasteiger partial charge is 0.508 e. The van der Waals surface area contributed by atoms with Gasteiger partial charge in [0.2, 0.25) is 0 Å². The van der Waals surface area contributed by atoms with Crippen LogP contribution in [0, 0.1) is 6.92 Å². The van der Waals surface area contributed by atoms with Crippen molar-refractivity contribution in [2.24, 2.45) is 0 Å². The fourth-order valence-corrected chi connectivity index (χ4v) is 1.87. The number of aromatic hydroxyl groups is 1. The van der Waals surface area contributed by atoms with Crippen molar-refractivity contribution in [1.29, 1.82) is 0 Å². The lowest BCUT2D eigenvalue weighted by Crippen LogP contribution is -1.97. The second kappa shape index (κ2) is 3.77. The zero-order valence-electron chi connectivity index (χ0n) is 9.64. The highest BCUT2D eigenvalue weighted by atomic mass is 16.4. The molecule has 18 heavy (non-hydrogen) atoms. The molecule has 0 atom stereocenters. The molecule has 4 nitrogen and oxygen atoms in total. The average molecular weight is 242 g/mol. The first-order valence-electron chi connectivity index (χ1n) is 5.47. The first kappa shape index (κ1) is 10.7. The molecule has 2 aromatic heterocycles. The lowest BCUT2D eigenvalue weighted by atomic mass is 10.2. The van der Waals surface area contributed by atoms with Crippen molar-refractivity contribution in [1.82, 2.24) is 0 Å². The van der Waals surface area contributed by atoms with Gasteiger partial charge in [0.15, 0.2) is 11.5 Å². The molecule has 1 aromatic carbocycles. The van der Waals surface area contributed by atoms with Crippen molar-refractivity contribution in [3.63, 3.8) is 0 Å². The summed E-state index contributed by atoms with van der Waals surface area (Å²) >= 11 is 0. The van der Waals surface area contributed by atoms with Crippen molar-refractivity contribution < 1.29 is 13.9 Å². The van der Waals surface area contributed by atoms with Crippen LogP contribution in [-0.4, -0.2) is 5.11 Å². The number of aryl methyl sites for hydroxylation is 1. The maximum absolute atomic E-state index is 11.2. The molecule has 0 saturated heterocycles. The van der Waals surface area contributed by atoms with Crippen LogP contribution < -0.4 is 5.63 Å². The molecule has 3 rings (SSSR count). The monoisotopic (exact) mass is 242 g/mol.